The quantitative estimate of drug-likeness (QED) is 0.264. The SMILES string of the molecule is CC(C)OC(=O)[C@H](C)N[P@](=O)(OCC1OC(N2C=CC(=O)CC2=O)[C@](C)(F)[C@@H]1O)Oc1ccccc1. The second-order valence-electron chi connectivity index (χ2n) is 8.92. The van der Waals surface area contributed by atoms with Gasteiger partial charge < -0.3 is 19.1 Å². The fraction of sp³-hybridized carbons (Fsp3) is 0.522. The zero-order valence-electron chi connectivity index (χ0n) is 20.3. The Labute approximate surface area is 208 Å². The van der Waals surface area contributed by atoms with E-state index in [1.807, 2.05) is 0 Å². The molecule has 2 aliphatic heterocycles. The predicted octanol–water partition coefficient (Wildman–Crippen LogP) is 2.25. The number of halogens is 1. The van der Waals surface area contributed by atoms with Gasteiger partial charge in [0.1, 0.15) is 24.0 Å². The van der Waals surface area contributed by atoms with Crippen LogP contribution in [0, 0.1) is 0 Å². The molecule has 1 aromatic rings. The summed E-state index contributed by atoms with van der Waals surface area (Å²) in [5, 5.41) is 13.1. The maximum atomic E-state index is 15.5. The van der Waals surface area contributed by atoms with Crippen LogP contribution in [0.25, 0.3) is 0 Å². The van der Waals surface area contributed by atoms with Gasteiger partial charge in [0.05, 0.1) is 19.1 Å². The van der Waals surface area contributed by atoms with E-state index in [1.54, 1.807) is 32.0 Å². The third kappa shape index (κ3) is 6.57. The van der Waals surface area contributed by atoms with E-state index in [1.165, 1.54) is 19.1 Å². The number of aliphatic hydroxyl groups excluding tert-OH is 1. The van der Waals surface area contributed by atoms with Crippen LogP contribution in [0.1, 0.15) is 34.1 Å². The number of nitrogens with zero attached hydrogens (tertiary/aromatic N) is 1. The largest absolute Gasteiger partial charge is 0.462 e. The highest BCUT2D eigenvalue weighted by Gasteiger charge is 2.57. The first kappa shape index (κ1) is 27.9. The van der Waals surface area contributed by atoms with E-state index in [9.17, 15) is 24.1 Å². The van der Waals surface area contributed by atoms with Crippen LogP contribution in [0.5, 0.6) is 5.75 Å². The molecule has 6 atom stereocenters. The number of alkyl halides is 1. The number of benzene rings is 1. The molecule has 2 aliphatic rings. The minimum absolute atomic E-state index is 0.160. The first-order chi connectivity index (χ1) is 16.8. The topological polar surface area (TPSA) is 141 Å². The number of aliphatic hydroxyl groups is 1. The zero-order valence-corrected chi connectivity index (χ0v) is 21.2. The first-order valence-corrected chi connectivity index (χ1v) is 12.9. The van der Waals surface area contributed by atoms with Crippen molar-refractivity contribution in [2.75, 3.05) is 6.61 Å². The Kier molecular flexibility index (Phi) is 8.68. The molecular weight excluding hydrogens is 498 g/mol. The number of carbonyl (C=O) groups excluding carboxylic acids is 3. The number of amides is 1. The average Bonchev–Trinajstić information content (AvgIpc) is 3.01. The molecule has 0 radical (unpaired) electrons. The van der Waals surface area contributed by atoms with Crippen LogP contribution in [0.15, 0.2) is 42.6 Å². The van der Waals surface area contributed by atoms with E-state index < -0.39 is 74.7 Å². The van der Waals surface area contributed by atoms with Crippen LogP contribution in [0.2, 0.25) is 0 Å². The molecule has 2 unspecified atom stereocenters. The van der Waals surface area contributed by atoms with Crippen LogP contribution < -0.4 is 9.61 Å². The van der Waals surface area contributed by atoms with E-state index in [0.717, 1.165) is 24.1 Å². The van der Waals surface area contributed by atoms with Crippen molar-refractivity contribution in [1.29, 1.82) is 0 Å². The van der Waals surface area contributed by atoms with Crippen molar-refractivity contribution < 1.29 is 47.0 Å². The van der Waals surface area contributed by atoms with Gasteiger partial charge in [-0.2, -0.15) is 5.09 Å². The lowest BCUT2D eigenvalue weighted by molar-refractivity contribution is -0.150. The number of hydrogen-bond acceptors (Lipinski definition) is 9. The van der Waals surface area contributed by atoms with E-state index in [4.69, 9.17) is 18.5 Å². The summed E-state index contributed by atoms with van der Waals surface area (Å²) >= 11 is 0. The Balaban J connectivity index is 1.76. The van der Waals surface area contributed by atoms with Crippen molar-refractivity contribution in [3.63, 3.8) is 0 Å². The molecule has 1 amide bonds. The number of rotatable bonds is 10. The lowest BCUT2D eigenvalue weighted by Crippen LogP contribution is -2.51. The number of esters is 1. The minimum atomic E-state index is -4.29. The van der Waals surface area contributed by atoms with Gasteiger partial charge in [-0.05, 0) is 45.9 Å². The van der Waals surface area contributed by atoms with Gasteiger partial charge in [-0.25, -0.2) is 8.96 Å². The molecule has 11 nitrogen and oxygen atoms in total. The van der Waals surface area contributed by atoms with Crippen molar-refractivity contribution in [1.82, 2.24) is 9.99 Å². The van der Waals surface area contributed by atoms with Crippen molar-refractivity contribution in [2.45, 2.75) is 70.4 Å². The Morgan fingerprint density at radius 2 is 1.97 bits per heavy atom. The summed E-state index contributed by atoms with van der Waals surface area (Å²) in [5.41, 5.74) is -2.44. The first-order valence-electron chi connectivity index (χ1n) is 11.3. The normalized spacial score (nSPS) is 28.8. The van der Waals surface area contributed by atoms with E-state index in [0.29, 0.717) is 0 Å². The summed E-state index contributed by atoms with van der Waals surface area (Å²) < 4.78 is 50.7. The number of allylic oxidation sites excluding steroid dienone is 1. The van der Waals surface area contributed by atoms with Gasteiger partial charge in [-0.1, -0.05) is 18.2 Å². The summed E-state index contributed by atoms with van der Waals surface area (Å²) in [5.74, 6) is -1.68. The molecule has 13 heteroatoms. The van der Waals surface area contributed by atoms with Crippen molar-refractivity contribution in [3.8, 4) is 5.75 Å². The lowest BCUT2D eigenvalue weighted by atomic mass is 9.97. The highest BCUT2D eigenvalue weighted by Crippen LogP contribution is 2.46. The van der Waals surface area contributed by atoms with E-state index in [2.05, 4.69) is 5.09 Å². The highest BCUT2D eigenvalue weighted by molar-refractivity contribution is 7.52. The average molecular weight is 528 g/mol. The second kappa shape index (κ2) is 11.2. The summed E-state index contributed by atoms with van der Waals surface area (Å²) in [6, 6.07) is 6.90. The summed E-state index contributed by atoms with van der Waals surface area (Å²) in [6.07, 6.45) is -3.37. The Bertz CT molecular complexity index is 1050. The molecule has 3 rings (SSSR count). The van der Waals surface area contributed by atoms with Crippen LogP contribution in [-0.2, 0) is 32.9 Å². The van der Waals surface area contributed by atoms with Crippen molar-refractivity contribution in [2.24, 2.45) is 0 Å². The molecule has 1 saturated heterocycles. The zero-order chi connectivity index (χ0) is 26.7. The molecule has 2 heterocycles. The Hall–Kier alpha value is -2.63. The van der Waals surface area contributed by atoms with Gasteiger partial charge in [0.2, 0.25) is 5.91 Å². The number of carbonyl (C=O) groups is 3. The molecule has 0 spiro atoms. The van der Waals surface area contributed by atoms with Gasteiger partial charge in [0.25, 0.3) is 0 Å². The Morgan fingerprint density at radius 1 is 1.31 bits per heavy atom. The molecule has 0 aliphatic carbocycles. The second-order valence-corrected chi connectivity index (χ2v) is 10.6. The number of ether oxygens (including phenoxy) is 2. The van der Waals surface area contributed by atoms with Gasteiger partial charge >= 0.3 is 13.7 Å². The maximum absolute atomic E-state index is 15.5. The third-order valence-electron chi connectivity index (χ3n) is 5.44. The highest BCUT2D eigenvalue weighted by atomic mass is 31.2. The molecule has 36 heavy (non-hydrogen) atoms. The molecule has 2 N–H and O–H groups in total. The smallest absolute Gasteiger partial charge is 0.459 e. The number of nitrogens with one attached hydrogen (secondary N) is 1. The molecular formula is C23H30FN2O9P. The number of hydrogen-bond donors (Lipinski definition) is 2. The molecule has 198 valence electrons. The van der Waals surface area contributed by atoms with E-state index in [-0.39, 0.29) is 5.75 Å². The number of ketones is 1. The van der Waals surface area contributed by atoms with Crippen molar-refractivity contribution in [3.05, 3.63) is 42.6 Å². The Morgan fingerprint density at radius 3 is 2.58 bits per heavy atom. The lowest BCUT2D eigenvalue weighted by Gasteiger charge is -2.32. The minimum Gasteiger partial charge on any atom is -0.462 e. The fourth-order valence-corrected chi connectivity index (χ4v) is 5.11. The fourth-order valence-electron chi connectivity index (χ4n) is 3.61. The summed E-state index contributed by atoms with van der Waals surface area (Å²) in [4.78, 5) is 36.9. The van der Waals surface area contributed by atoms with Gasteiger partial charge in [0.15, 0.2) is 17.7 Å². The van der Waals surface area contributed by atoms with Gasteiger partial charge in [-0.15, -0.1) is 0 Å². The van der Waals surface area contributed by atoms with Crippen LogP contribution in [-0.4, -0.2) is 70.5 Å². The summed E-state index contributed by atoms with van der Waals surface area (Å²) in [6.45, 7) is 5.14. The monoisotopic (exact) mass is 528 g/mol. The molecule has 1 fully saturated rings. The van der Waals surface area contributed by atoms with Crippen molar-refractivity contribution >= 4 is 25.4 Å². The summed E-state index contributed by atoms with van der Waals surface area (Å²) in [7, 11) is -4.29. The molecule has 1 aromatic carbocycles. The predicted molar refractivity (Wildman–Crippen MR) is 124 cm³/mol. The van der Waals surface area contributed by atoms with E-state index >= 15 is 4.39 Å². The maximum Gasteiger partial charge on any atom is 0.459 e. The third-order valence-corrected chi connectivity index (χ3v) is 7.08. The van der Waals surface area contributed by atoms with Crippen LogP contribution in [0.4, 0.5) is 4.39 Å². The van der Waals surface area contributed by atoms with Gasteiger partial charge in [0, 0.05) is 6.20 Å². The van der Waals surface area contributed by atoms with Gasteiger partial charge in [-0.3, -0.25) is 23.8 Å². The number of para-hydroxylation sites is 1. The van der Waals surface area contributed by atoms with Crippen LogP contribution in [0.3, 0.4) is 0 Å². The standard InChI is InChI=1S/C23H30FN2O9P/c1-14(2)33-21(30)15(3)25-36(31,35-17-8-6-5-7-9-17)32-13-18-20(29)23(4,24)22(34-18)26-11-10-16(27)12-19(26)28/h5-11,14-15,18,20,22,29H,12-13H2,1-4H3,(H,25,31)/t15-,18?,20+,22?,23+,36-/m0/s1. The molecule has 0 bridgehead atoms. The molecule has 0 aromatic heterocycles. The van der Waals surface area contributed by atoms with Crippen LogP contribution >= 0.6 is 7.75 Å². The molecule has 0 saturated carbocycles.